The van der Waals surface area contributed by atoms with Crippen molar-refractivity contribution >= 4 is 5.97 Å². The summed E-state index contributed by atoms with van der Waals surface area (Å²) in [5.74, 6) is 0.349. The first kappa shape index (κ1) is 16.0. The summed E-state index contributed by atoms with van der Waals surface area (Å²) in [6.07, 6.45) is 3.57. The third kappa shape index (κ3) is 3.73. The van der Waals surface area contributed by atoms with E-state index in [0.29, 0.717) is 38.3 Å². The molecule has 23 heavy (non-hydrogen) atoms. The zero-order valence-corrected chi connectivity index (χ0v) is 13.2. The number of ether oxygens (including phenoxy) is 3. The number of hydrogen-bond donors (Lipinski definition) is 2. The fraction of sp³-hybridized carbons (Fsp3) is 0.625. The molecule has 0 unspecified atom stereocenters. The first-order valence-corrected chi connectivity index (χ1v) is 7.91. The van der Waals surface area contributed by atoms with Crippen molar-refractivity contribution < 1.29 is 24.1 Å². The second-order valence-electron chi connectivity index (χ2n) is 5.93. The van der Waals surface area contributed by atoms with Gasteiger partial charge in [-0.25, -0.2) is 0 Å². The molecule has 0 amide bonds. The number of methoxy groups -OCH3 is 1. The predicted octanol–water partition coefficient (Wildman–Crippen LogP) is 1.21. The maximum absolute atomic E-state index is 11.1. The number of nitrogens with one attached hydrogen (secondary N) is 1. The number of aromatic nitrogens is 1. The van der Waals surface area contributed by atoms with Crippen molar-refractivity contribution in [2.24, 2.45) is 5.92 Å². The lowest BCUT2D eigenvalue weighted by molar-refractivity contribution is -0.145. The molecule has 2 heterocycles. The van der Waals surface area contributed by atoms with Crippen molar-refractivity contribution in [2.45, 2.75) is 38.0 Å². The van der Waals surface area contributed by atoms with Gasteiger partial charge in [0.25, 0.3) is 0 Å². The topological polar surface area (TPSA) is 89.9 Å². The summed E-state index contributed by atoms with van der Waals surface area (Å²) in [5.41, 5.74) is 0.865. The van der Waals surface area contributed by atoms with Gasteiger partial charge in [-0.1, -0.05) is 0 Å². The smallest absolute Gasteiger partial charge is 0.306 e. The number of rotatable bonds is 5. The van der Waals surface area contributed by atoms with Gasteiger partial charge >= 0.3 is 5.97 Å². The van der Waals surface area contributed by atoms with E-state index in [9.17, 15) is 4.79 Å². The molecule has 1 aliphatic heterocycles. The monoisotopic (exact) mass is 322 g/mol. The van der Waals surface area contributed by atoms with Gasteiger partial charge in [-0.05, 0) is 19.3 Å². The Hall–Kier alpha value is -1.86. The van der Waals surface area contributed by atoms with Gasteiger partial charge in [0.2, 0.25) is 0 Å². The summed E-state index contributed by atoms with van der Waals surface area (Å²) in [4.78, 5) is 15.5. The minimum Gasteiger partial charge on any atom is -0.486 e. The van der Waals surface area contributed by atoms with Crippen LogP contribution < -0.4 is 14.8 Å². The number of aliphatic carboxylic acids is 1. The number of pyridine rings is 1. The number of hydrogen-bond acceptors (Lipinski definition) is 6. The summed E-state index contributed by atoms with van der Waals surface area (Å²) >= 11 is 0. The molecule has 1 aromatic heterocycles. The molecule has 7 heteroatoms. The Morgan fingerprint density at radius 2 is 2.17 bits per heavy atom. The molecule has 1 fully saturated rings. The van der Waals surface area contributed by atoms with Crippen LogP contribution in [0.25, 0.3) is 0 Å². The molecule has 1 saturated carbocycles. The predicted molar refractivity (Wildman–Crippen MR) is 81.6 cm³/mol. The van der Waals surface area contributed by atoms with Gasteiger partial charge in [0.1, 0.15) is 13.2 Å². The van der Waals surface area contributed by atoms with Crippen LogP contribution in [0.4, 0.5) is 0 Å². The highest BCUT2D eigenvalue weighted by Gasteiger charge is 2.33. The number of carboxylic acids is 1. The fourth-order valence-corrected chi connectivity index (χ4v) is 3.17. The minimum absolute atomic E-state index is 0.0953. The second-order valence-corrected chi connectivity index (χ2v) is 5.93. The molecule has 1 aliphatic carbocycles. The van der Waals surface area contributed by atoms with Gasteiger partial charge < -0.3 is 24.6 Å². The summed E-state index contributed by atoms with van der Waals surface area (Å²) in [6, 6.07) is 2.01. The summed E-state index contributed by atoms with van der Waals surface area (Å²) in [6.45, 7) is 1.68. The lowest BCUT2D eigenvalue weighted by atomic mass is 9.84. The first-order chi connectivity index (χ1) is 11.2. The van der Waals surface area contributed by atoms with E-state index in [2.05, 4.69) is 10.3 Å². The summed E-state index contributed by atoms with van der Waals surface area (Å²) in [5, 5.41) is 12.6. The van der Waals surface area contributed by atoms with Crippen LogP contribution in [-0.4, -0.2) is 48.5 Å². The molecule has 3 rings (SSSR count). The van der Waals surface area contributed by atoms with Gasteiger partial charge in [0.15, 0.2) is 11.5 Å². The molecule has 7 nitrogen and oxygen atoms in total. The van der Waals surface area contributed by atoms with E-state index in [1.165, 1.54) is 0 Å². The van der Waals surface area contributed by atoms with E-state index in [4.69, 9.17) is 19.3 Å². The van der Waals surface area contributed by atoms with Crippen LogP contribution in [0.2, 0.25) is 0 Å². The molecular weight excluding hydrogens is 300 g/mol. The Labute approximate surface area is 135 Å². The Bertz CT molecular complexity index is 565. The maximum Gasteiger partial charge on any atom is 0.306 e. The largest absolute Gasteiger partial charge is 0.486 e. The normalized spacial score (nSPS) is 26.7. The van der Waals surface area contributed by atoms with E-state index < -0.39 is 5.97 Å². The number of nitrogens with zero attached hydrogens (tertiary/aromatic N) is 1. The lowest BCUT2D eigenvalue weighted by Crippen LogP contribution is -2.46. The average molecular weight is 322 g/mol. The molecular formula is C16H22N2O5. The molecule has 0 aromatic carbocycles. The molecule has 3 atom stereocenters. The van der Waals surface area contributed by atoms with E-state index >= 15 is 0 Å². The summed E-state index contributed by atoms with van der Waals surface area (Å²) < 4.78 is 16.5. The highest BCUT2D eigenvalue weighted by Crippen LogP contribution is 2.30. The van der Waals surface area contributed by atoms with Crippen LogP contribution in [0.1, 0.15) is 25.0 Å². The van der Waals surface area contributed by atoms with Crippen LogP contribution in [0.5, 0.6) is 11.5 Å². The quantitative estimate of drug-likeness (QED) is 0.842. The second kappa shape index (κ2) is 7.14. The van der Waals surface area contributed by atoms with E-state index in [1.807, 2.05) is 6.07 Å². The molecule has 126 valence electrons. The van der Waals surface area contributed by atoms with Crippen LogP contribution in [-0.2, 0) is 16.1 Å². The third-order valence-corrected chi connectivity index (χ3v) is 4.48. The van der Waals surface area contributed by atoms with Crippen molar-refractivity contribution in [1.29, 1.82) is 0 Å². The molecule has 0 saturated heterocycles. The Kier molecular flexibility index (Phi) is 4.97. The van der Waals surface area contributed by atoms with Crippen molar-refractivity contribution in [1.82, 2.24) is 10.3 Å². The highest BCUT2D eigenvalue weighted by molar-refractivity contribution is 5.70. The fourth-order valence-electron chi connectivity index (χ4n) is 3.17. The van der Waals surface area contributed by atoms with E-state index in [0.717, 1.165) is 17.9 Å². The molecule has 0 radical (unpaired) electrons. The van der Waals surface area contributed by atoms with E-state index in [1.54, 1.807) is 13.3 Å². The van der Waals surface area contributed by atoms with Gasteiger partial charge in [-0.15, -0.1) is 0 Å². The average Bonchev–Trinajstić information content (AvgIpc) is 2.59. The molecule has 2 N–H and O–H groups in total. The maximum atomic E-state index is 11.1. The Balaban J connectivity index is 1.58. The van der Waals surface area contributed by atoms with Crippen molar-refractivity contribution in [3.05, 3.63) is 18.0 Å². The minimum atomic E-state index is -0.737. The summed E-state index contributed by atoms with van der Waals surface area (Å²) in [7, 11) is 1.63. The zero-order chi connectivity index (χ0) is 16.2. The molecule has 0 spiro atoms. The SMILES string of the molecule is CO[C@@H]1C[C@H](C(=O)O)CC[C@H]1NCc1cc2c(cn1)OCCO2. The number of carbonyl (C=O) groups is 1. The standard InChI is InChI=1S/C16H22N2O5/c1-21-13-6-10(16(19)20)2-3-12(13)18-8-11-7-14-15(9-17-11)23-5-4-22-14/h7,9-10,12-13,18H,2-6,8H2,1H3,(H,19,20)/t10-,12-,13-/m1/s1. The van der Waals surface area contributed by atoms with E-state index in [-0.39, 0.29) is 18.1 Å². The Morgan fingerprint density at radius 3 is 2.91 bits per heavy atom. The first-order valence-electron chi connectivity index (χ1n) is 7.91. The van der Waals surface area contributed by atoms with Gasteiger partial charge in [0, 0.05) is 25.8 Å². The van der Waals surface area contributed by atoms with Crippen molar-refractivity contribution in [3.63, 3.8) is 0 Å². The van der Waals surface area contributed by atoms with Gasteiger partial charge in [-0.3, -0.25) is 9.78 Å². The number of fused-ring (bicyclic) bond motifs is 1. The van der Waals surface area contributed by atoms with Gasteiger partial charge in [0.05, 0.1) is 23.9 Å². The highest BCUT2D eigenvalue weighted by atomic mass is 16.6. The van der Waals surface area contributed by atoms with Crippen LogP contribution in [0.3, 0.4) is 0 Å². The van der Waals surface area contributed by atoms with Crippen molar-refractivity contribution in [3.8, 4) is 11.5 Å². The number of carboxylic acid groups (broad SMARTS) is 1. The Morgan fingerprint density at radius 1 is 1.39 bits per heavy atom. The van der Waals surface area contributed by atoms with Crippen molar-refractivity contribution in [2.75, 3.05) is 20.3 Å². The zero-order valence-electron chi connectivity index (χ0n) is 13.2. The molecule has 1 aromatic rings. The third-order valence-electron chi connectivity index (χ3n) is 4.48. The van der Waals surface area contributed by atoms with Crippen LogP contribution >= 0.6 is 0 Å². The van der Waals surface area contributed by atoms with Crippen LogP contribution in [0, 0.1) is 5.92 Å². The molecule has 0 bridgehead atoms. The van der Waals surface area contributed by atoms with Crippen LogP contribution in [0.15, 0.2) is 12.3 Å². The lowest BCUT2D eigenvalue weighted by Gasteiger charge is -2.34. The molecule has 2 aliphatic rings. The van der Waals surface area contributed by atoms with Gasteiger partial charge in [-0.2, -0.15) is 0 Å².